The predicted molar refractivity (Wildman–Crippen MR) is 49.5 cm³/mol. The van der Waals surface area contributed by atoms with Gasteiger partial charge >= 0.3 is 0 Å². The quantitative estimate of drug-likeness (QED) is 0.761. The van der Waals surface area contributed by atoms with Gasteiger partial charge in [-0.3, -0.25) is 0 Å². The van der Waals surface area contributed by atoms with E-state index in [-0.39, 0.29) is 0 Å². The van der Waals surface area contributed by atoms with Crippen LogP contribution in [0.25, 0.3) is 0 Å². The maximum atomic E-state index is 9.29. The van der Waals surface area contributed by atoms with E-state index in [2.05, 4.69) is 15.9 Å². The number of rotatable bonds is 1. The molecule has 0 aromatic heterocycles. The van der Waals surface area contributed by atoms with Gasteiger partial charge in [-0.15, -0.1) is 0 Å². The van der Waals surface area contributed by atoms with E-state index in [1.807, 2.05) is 26.0 Å². The number of aromatic hydroxyl groups is 1. The van der Waals surface area contributed by atoms with Gasteiger partial charge in [0.15, 0.2) is 0 Å². The van der Waals surface area contributed by atoms with Gasteiger partial charge in [-0.2, -0.15) is 0 Å². The molecule has 1 aromatic carbocycles. The molecule has 0 amide bonds. The number of phenols is 1. The molecular weight excluding hydrogens is 204 g/mol. The van der Waals surface area contributed by atoms with Gasteiger partial charge in [0.1, 0.15) is 5.75 Å². The van der Waals surface area contributed by atoms with E-state index in [0.29, 0.717) is 5.75 Å². The molecule has 0 aliphatic carbocycles. The fourth-order valence-corrected chi connectivity index (χ4v) is 1.57. The van der Waals surface area contributed by atoms with Gasteiger partial charge in [0.25, 0.3) is 0 Å². The normalized spacial score (nSPS) is 10.5. The Morgan fingerprint density at radius 3 is 2.45 bits per heavy atom. The standard InChI is InChI=1S/C9H10BrO/c1-6(2)7-4-3-5-8(11)9(7)10/h3-5,11H,1-2H3. The maximum absolute atomic E-state index is 9.29. The van der Waals surface area contributed by atoms with Crippen LogP contribution in [0.1, 0.15) is 19.4 Å². The number of phenolic OH excluding ortho intramolecular Hbond substituents is 1. The summed E-state index contributed by atoms with van der Waals surface area (Å²) in [5.41, 5.74) is 1.06. The molecule has 11 heavy (non-hydrogen) atoms. The van der Waals surface area contributed by atoms with E-state index in [1.165, 1.54) is 5.92 Å². The topological polar surface area (TPSA) is 20.2 Å². The number of hydrogen-bond acceptors (Lipinski definition) is 1. The first-order valence-corrected chi connectivity index (χ1v) is 4.20. The van der Waals surface area contributed by atoms with E-state index in [0.717, 1.165) is 10.0 Å². The molecule has 1 N–H and O–H groups in total. The molecule has 1 nitrogen and oxygen atoms in total. The monoisotopic (exact) mass is 213 g/mol. The highest BCUT2D eigenvalue weighted by Gasteiger charge is 2.06. The van der Waals surface area contributed by atoms with E-state index >= 15 is 0 Å². The summed E-state index contributed by atoms with van der Waals surface area (Å²) in [6.07, 6.45) is 0. The summed E-state index contributed by atoms with van der Waals surface area (Å²) in [6.45, 7) is 4.03. The third-order valence-electron chi connectivity index (χ3n) is 1.52. The summed E-state index contributed by atoms with van der Waals surface area (Å²) in [7, 11) is 0. The Morgan fingerprint density at radius 2 is 2.00 bits per heavy atom. The molecule has 0 aliphatic heterocycles. The molecule has 0 spiro atoms. The largest absolute Gasteiger partial charge is 0.507 e. The van der Waals surface area contributed by atoms with Crippen molar-refractivity contribution in [2.24, 2.45) is 0 Å². The molecule has 0 unspecified atom stereocenters. The Labute approximate surface area is 75.2 Å². The Bertz CT molecular complexity index is 256. The summed E-state index contributed by atoms with van der Waals surface area (Å²) in [6, 6.07) is 5.47. The van der Waals surface area contributed by atoms with Crippen LogP contribution in [0.15, 0.2) is 22.7 Å². The molecule has 0 fully saturated rings. The molecule has 59 valence electrons. The van der Waals surface area contributed by atoms with Crippen LogP contribution in [0.5, 0.6) is 5.75 Å². The minimum absolute atomic E-state index is 0.295. The molecule has 1 radical (unpaired) electrons. The molecule has 2 heteroatoms. The second-order valence-corrected chi connectivity index (χ2v) is 3.43. The van der Waals surface area contributed by atoms with Gasteiger partial charge in [-0.05, 0) is 27.6 Å². The van der Waals surface area contributed by atoms with E-state index in [4.69, 9.17) is 0 Å². The van der Waals surface area contributed by atoms with Crippen molar-refractivity contribution in [3.8, 4) is 5.75 Å². The second kappa shape index (κ2) is 3.26. The lowest BCUT2D eigenvalue weighted by molar-refractivity contribution is 0.471. The van der Waals surface area contributed by atoms with Crippen molar-refractivity contribution in [3.05, 3.63) is 34.2 Å². The minimum atomic E-state index is 0.295. The van der Waals surface area contributed by atoms with Crippen LogP contribution in [0.3, 0.4) is 0 Å². The van der Waals surface area contributed by atoms with Crippen molar-refractivity contribution in [3.63, 3.8) is 0 Å². The average molecular weight is 214 g/mol. The number of hydrogen-bond donors (Lipinski definition) is 1. The highest BCUT2D eigenvalue weighted by molar-refractivity contribution is 9.10. The Kier molecular flexibility index (Phi) is 2.55. The van der Waals surface area contributed by atoms with Gasteiger partial charge in [0, 0.05) is 5.92 Å². The molecule has 1 rings (SSSR count). The maximum Gasteiger partial charge on any atom is 0.130 e. The van der Waals surface area contributed by atoms with Gasteiger partial charge in [-0.25, -0.2) is 0 Å². The fourth-order valence-electron chi connectivity index (χ4n) is 0.906. The molecule has 0 atom stereocenters. The van der Waals surface area contributed by atoms with E-state index in [1.54, 1.807) is 6.07 Å². The summed E-state index contributed by atoms with van der Waals surface area (Å²) in [5, 5.41) is 9.29. The zero-order valence-electron chi connectivity index (χ0n) is 6.56. The number of benzene rings is 1. The van der Waals surface area contributed by atoms with Gasteiger partial charge in [-0.1, -0.05) is 26.0 Å². The lowest BCUT2D eigenvalue weighted by Gasteiger charge is -2.07. The van der Waals surface area contributed by atoms with Gasteiger partial charge < -0.3 is 5.11 Å². The summed E-state index contributed by atoms with van der Waals surface area (Å²) >= 11 is 3.31. The van der Waals surface area contributed by atoms with Crippen molar-refractivity contribution in [2.45, 2.75) is 13.8 Å². The van der Waals surface area contributed by atoms with Crippen LogP contribution >= 0.6 is 15.9 Å². The van der Waals surface area contributed by atoms with Crippen molar-refractivity contribution >= 4 is 15.9 Å². The van der Waals surface area contributed by atoms with Crippen molar-refractivity contribution in [2.75, 3.05) is 0 Å². The molecule has 0 saturated carbocycles. The third-order valence-corrected chi connectivity index (χ3v) is 2.35. The average Bonchev–Trinajstić information content (AvgIpc) is 1.94. The van der Waals surface area contributed by atoms with Gasteiger partial charge in [0.05, 0.1) is 4.47 Å². The second-order valence-electron chi connectivity index (χ2n) is 2.64. The minimum Gasteiger partial charge on any atom is -0.507 e. The van der Waals surface area contributed by atoms with Crippen molar-refractivity contribution in [1.82, 2.24) is 0 Å². The smallest absolute Gasteiger partial charge is 0.130 e. The Morgan fingerprint density at radius 1 is 1.36 bits per heavy atom. The van der Waals surface area contributed by atoms with Crippen molar-refractivity contribution < 1.29 is 5.11 Å². The Balaban J connectivity index is 3.17. The first kappa shape index (κ1) is 8.60. The van der Waals surface area contributed by atoms with Crippen LogP contribution < -0.4 is 0 Å². The molecule has 0 heterocycles. The van der Waals surface area contributed by atoms with Crippen LogP contribution in [0, 0.1) is 5.92 Å². The van der Waals surface area contributed by atoms with Crippen LogP contribution in [0.4, 0.5) is 0 Å². The van der Waals surface area contributed by atoms with Gasteiger partial charge in [0.2, 0.25) is 0 Å². The summed E-state index contributed by atoms with van der Waals surface area (Å²) in [4.78, 5) is 0. The van der Waals surface area contributed by atoms with Crippen molar-refractivity contribution in [1.29, 1.82) is 0 Å². The zero-order valence-corrected chi connectivity index (χ0v) is 8.14. The fraction of sp³-hybridized carbons (Fsp3) is 0.222. The lowest BCUT2D eigenvalue weighted by Crippen LogP contribution is -1.88. The zero-order chi connectivity index (χ0) is 8.43. The van der Waals surface area contributed by atoms with Crippen LogP contribution in [0.2, 0.25) is 0 Å². The third kappa shape index (κ3) is 1.74. The first-order chi connectivity index (χ1) is 5.13. The summed E-state index contributed by atoms with van der Waals surface area (Å²) < 4.78 is 0.778. The van der Waals surface area contributed by atoms with Crippen LogP contribution in [-0.4, -0.2) is 5.11 Å². The van der Waals surface area contributed by atoms with E-state index in [9.17, 15) is 5.11 Å². The summed E-state index contributed by atoms with van der Waals surface area (Å²) in [5.74, 6) is 1.48. The SMILES string of the molecule is C[C](C)c1cccc(O)c1Br. The van der Waals surface area contributed by atoms with Crippen LogP contribution in [-0.2, 0) is 0 Å². The molecule has 0 aliphatic rings. The lowest BCUT2D eigenvalue weighted by atomic mass is 10.0. The molecular formula is C9H10BrO. The highest BCUT2D eigenvalue weighted by Crippen LogP contribution is 2.31. The first-order valence-electron chi connectivity index (χ1n) is 3.41. The highest BCUT2D eigenvalue weighted by atomic mass is 79.9. The predicted octanol–water partition coefficient (Wildman–Crippen LogP) is 3.12. The molecule has 1 aromatic rings. The van der Waals surface area contributed by atoms with E-state index < -0.39 is 0 Å². The number of halogens is 1. The molecule has 0 bridgehead atoms. The molecule has 0 saturated heterocycles. The Hall–Kier alpha value is -0.500.